The number of hydrogen-bond acceptors (Lipinski definition) is 11. The molecule has 3 fully saturated rings. The number of nitrogens with one attached hydrogen (secondary N) is 2. The highest BCUT2D eigenvalue weighted by Crippen LogP contribution is 2.44. The topological polar surface area (TPSA) is 200 Å². The van der Waals surface area contributed by atoms with Crippen molar-refractivity contribution in [1.82, 2.24) is 24.9 Å². The number of nitrogens with two attached hydrogens (primary N) is 1. The average Bonchev–Trinajstić information content (AvgIpc) is 3.98. The van der Waals surface area contributed by atoms with Gasteiger partial charge < -0.3 is 25.4 Å². The molecule has 2 aromatic heterocycles. The number of unbranched alkanes of at least 4 members (excludes halogenated alkanes) is 3. The number of carbonyl (C=O) groups is 4. The van der Waals surface area contributed by atoms with Crippen LogP contribution in [-0.2, 0) is 42.0 Å². The minimum Gasteiger partial charge on any atom is -0.488 e. The Bertz CT molecular complexity index is 2000. The molecule has 58 heavy (non-hydrogen) atoms. The predicted molar refractivity (Wildman–Crippen MR) is 221 cm³/mol. The predicted octanol–water partition coefficient (Wildman–Crippen LogP) is 6.08. The fraction of sp³-hybridized carbons (Fsp3) is 0.667. The Morgan fingerprint density at radius 3 is 2.50 bits per heavy atom. The molecule has 2 aromatic rings. The zero-order valence-electron chi connectivity index (χ0n) is 34.7. The summed E-state index contributed by atoms with van der Waals surface area (Å²) in [6.07, 6.45) is 11.7. The van der Waals surface area contributed by atoms with Gasteiger partial charge in [0.1, 0.15) is 40.2 Å². The third kappa shape index (κ3) is 10.8. The Labute approximate surface area is 346 Å². The van der Waals surface area contributed by atoms with Gasteiger partial charge in [0.25, 0.3) is 0 Å². The van der Waals surface area contributed by atoms with Crippen LogP contribution in [0.25, 0.3) is 10.7 Å². The zero-order valence-corrected chi connectivity index (χ0v) is 36.3. The van der Waals surface area contributed by atoms with E-state index in [0.29, 0.717) is 37.9 Å². The van der Waals surface area contributed by atoms with Crippen molar-refractivity contribution in [3.63, 3.8) is 0 Å². The second-order valence-electron chi connectivity index (χ2n) is 17.9. The lowest BCUT2D eigenvalue weighted by Gasteiger charge is -2.29. The van der Waals surface area contributed by atoms with Crippen LogP contribution in [0.4, 0.5) is 4.79 Å². The highest BCUT2D eigenvalue weighted by Gasteiger charge is 2.52. The second kappa shape index (κ2) is 17.7. The lowest BCUT2D eigenvalue weighted by atomic mass is 9.95. The maximum absolute atomic E-state index is 14.3. The van der Waals surface area contributed by atoms with Crippen molar-refractivity contribution in [3.05, 3.63) is 40.5 Å². The van der Waals surface area contributed by atoms with Crippen LogP contribution in [-0.4, -0.2) is 82.2 Å². The van der Waals surface area contributed by atoms with Crippen LogP contribution < -0.4 is 20.5 Å². The Morgan fingerprint density at radius 1 is 1.09 bits per heavy atom. The van der Waals surface area contributed by atoms with Crippen LogP contribution in [0.1, 0.15) is 135 Å². The fourth-order valence-electron chi connectivity index (χ4n) is 7.60. The third-order valence-corrected chi connectivity index (χ3v) is 14.6. The van der Waals surface area contributed by atoms with E-state index in [1.807, 2.05) is 18.2 Å². The monoisotopic (exact) mass is 840 g/mol. The van der Waals surface area contributed by atoms with Gasteiger partial charge in [-0.05, 0) is 104 Å². The normalized spacial score (nSPS) is 23.0. The maximum atomic E-state index is 14.3. The van der Waals surface area contributed by atoms with Crippen LogP contribution in [0.15, 0.2) is 23.6 Å². The number of allylic oxidation sites excluding steroid dienone is 2. The molecule has 4 amide bonds. The summed E-state index contributed by atoms with van der Waals surface area (Å²) >= 11 is 1.55. The van der Waals surface area contributed by atoms with Gasteiger partial charge in [-0.25, -0.2) is 23.2 Å². The first-order valence-corrected chi connectivity index (χ1v) is 23.2. The number of carbonyl (C=O) groups excluding carboxylic acids is 4. The number of alkyl carbamates (subject to hydrolysis) is 1. The van der Waals surface area contributed by atoms with Crippen LogP contribution in [0.3, 0.4) is 0 Å². The number of thiazole rings is 1. The molecule has 3 aliphatic carbocycles. The van der Waals surface area contributed by atoms with E-state index < -0.39 is 62.4 Å². The number of hydrogen-bond donors (Lipinski definition) is 3. The van der Waals surface area contributed by atoms with E-state index in [-0.39, 0.29) is 30.7 Å². The van der Waals surface area contributed by atoms with Gasteiger partial charge in [0.15, 0.2) is 0 Å². The molecule has 6 rings (SSSR count). The van der Waals surface area contributed by atoms with E-state index in [9.17, 15) is 27.6 Å². The summed E-state index contributed by atoms with van der Waals surface area (Å²) in [7, 11) is -3.64. The maximum Gasteiger partial charge on any atom is 0.408 e. The molecule has 0 spiro atoms. The molecule has 4 N–H and O–H groups in total. The van der Waals surface area contributed by atoms with Gasteiger partial charge in [-0.3, -0.25) is 19.1 Å². The largest absolute Gasteiger partial charge is 0.488 e. The third-order valence-electron chi connectivity index (χ3n) is 11.5. The van der Waals surface area contributed by atoms with Crippen molar-refractivity contribution in [2.24, 2.45) is 17.6 Å². The van der Waals surface area contributed by atoms with Gasteiger partial charge in [0.05, 0.1) is 17.0 Å². The van der Waals surface area contributed by atoms with E-state index in [1.54, 1.807) is 39.0 Å². The standard InChI is InChI=1S/C42H60N6O8S2/c1-25(2)33-24-57-38(45-33)32-22-35(28-15-12-13-16-30(28)44-32)55-27-21-34(36(43)49)48(23-27)39(51)31(46-40(52)56-41(3,4)5)17-11-9-7-8-10-14-26-20-29(26)37(50)47-58(53,54)42(6)18-19-42/h10,14,22,24-27,29,31,34H,7-9,11-13,15-21,23H2,1-6H3,(H2,43,49)(H,46,52)(H,47,50). The van der Waals surface area contributed by atoms with Crippen LogP contribution in [0.5, 0.6) is 5.75 Å². The molecule has 3 heterocycles. The van der Waals surface area contributed by atoms with Crippen molar-refractivity contribution < 1.29 is 37.1 Å². The van der Waals surface area contributed by atoms with Gasteiger partial charge in [0, 0.05) is 35.0 Å². The lowest BCUT2D eigenvalue weighted by molar-refractivity contribution is -0.139. The van der Waals surface area contributed by atoms with Crippen molar-refractivity contribution >= 4 is 45.2 Å². The molecule has 1 saturated heterocycles. The summed E-state index contributed by atoms with van der Waals surface area (Å²) < 4.78 is 38.4. The smallest absolute Gasteiger partial charge is 0.408 e. The highest BCUT2D eigenvalue weighted by molar-refractivity contribution is 7.91. The van der Waals surface area contributed by atoms with E-state index in [0.717, 1.165) is 72.6 Å². The van der Waals surface area contributed by atoms with Gasteiger partial charge in [0.2, 0.25) is 27.7 Å². The van der Waals surface area contributed by atoms with Gasteiger partial charge in [-0.2, -0.15) is 0 Å². The molecular weight excluding hydrogens is 781 g/mol. The van der Waals surface area contributed by atoms with Crippen molar-refractivity contribution in [2.45, 2.75) is 159 Å². The Balaban J connectivity index is 1.07. The number of ether oxygens (including phenoxy) is 2. The number of aryl methyl sites for hydroxylation is 1. The minimum atomic E-state index is -3.64. The summed E-state index contributed by atoms with van der Waals surface area (Å²) in [6, 6.07) is 0.0633. The van der Waals surface area contributed by atoms with E-state index in [2.05, 4.69) is 29.3 Å². The molecule has 4 aliphatic rings. The highest BCUT2D eigenvalue weighted by atomic mass is 32.2. The minimum absolute atomic E-state index is 0.0238. The molecule has 14 nitrogen and oxygen atoms in total. The number of rotatable bonds is 17. The van der Waals surface area contributed by atoms with Crippen molar-refractivity contribution in [2.75, 3.05) is 6.54 Å². The van der Waals surface area contributed by atoms with Crippen LogP contribution in [0.2, 0.25) is 0 Å². The summed E-state index contributed by atoms with van der Waals surface area (Å²) in [6.45, 7) is 11.2. The molecule has 16 heteroatoms. The lowest BCUT2D eigenvalue weighted by Crippen LogP contribution is -2.53. The zero-order chi connectivity index (χ0) is 42.0. The van der Waals surface area contributed by atoms with Crippen molar-refractivity contribution in [1.29, 1.82) is 0 Å². The molecule has 318 valence electrons. The average molecular weight is 841 g/mol. The summed E-state index contributed by atoms with van der Waals surface area (Å²) in [5.74, 6) is -0.809. The number of fused-ring (bicyclic) bond motifs is 1. The van der Waals surface area contributed by atoms with Crippen LogP contribution >= 0.6 is 11.3 Å². The molecule has 1 aliphatic heterocycles. The SMILES string of the molecule is CC(C)c1csc(-c2cc(OC3CC(C(N)=O)N(C(=O)C(CCCCCC=CC4CC4C(=O)NS(=O)(=O)C4(C)CC4)NC(=O)OC(C)(C)C)C3)c3c(n2)CCCC3)n1. The first-order chi connectivity index (χ1) is 27.3. The number of primary amides is 1. The number of aromatic nitrogens is 2. The van der Waals surface area contributed by atoms with Gasteiger partial charge in [-0.15, -0.1) is 11.3 Å². The molecule has 0 bridgehead atoms. The number of sulfonamides is 1. The molecule has 5 atom stereocenters. The summed E-state index contributed by atoms with van der Waals surface area (Å²) in [4.78, 5) is 63.8. The molecule has 0 radical (unpaired) electrons. The molecular formula is C42H60N6O8S2. The Hall–Kier alpha value is -4.05. The number of pyridine rings is 1. The first-order valence-electron chi connectivity index (χ1n) is 20.8. The molecule has 5 unspecified atom stereocenters. The summed E-state index contributed by atoms with van der Waals surface area (Å²) in [5, 5.41) is 5.64. The fourth-order valence-corrected chi connectivity index (χ4v) is 9.84. The first kappa shape index (κ1) is 43.5. The molecule has 0 aromatic carbocycles. The second-order valence-corrected chi connectivity index (χ2v) is 21.0. The van der Waals surface area contributed by atoms with E-state index in [1.165, 1.54) is 4.90 Å². The van der Waals surface area contributed by atoms with Crippen molar-refractivity contribution in [3.8, 4) is 16.5 Å². The number of nitrogens with zero attached hydrogens (tertiary/aromatic N) is 3. The van der Waals surface area contributed by atoms with E-state index >= 15 is 0 Å². The number of likely N-dealkylation sites (tertiary alicyclic amines) is 1. The van der Waals surface area contributed by atoms with Gasteiger partial charge >= 0.3 is 6.09 Å². The summed E-state index contributed by atoms with van der Waals surface area (Å²) in [5.41, 5.74) is 8.91. The van der Waals surface area contributed by atoms with Crippen LogP contribution in [0, 0.1) is 11.8 Å². The molecule has 2 saturated carbocycles. The van der Waals surface area contributed by atoms with E-state index in [4.69, 9.17) is 25.2 Å². The number of amides is 4. The quantitative estimate of drug-likeness (QED) is 0.124. The Kier molecular flexibility index (Phi) is 13.3. The van der Waals surface area contributed by atoms with Gasteiger partial charge in [-0.1, -0.05) is 38.8 Å². The Morgan fingerprint density at radius 2 is 1.83 bits per heavy atom.